The van der Waals surface area contributed by atoms with Gasteiger partial charge in [0.05, 0.1) is 6.61 Å². The number of carbonyl (C=O) groups excluding carboxylic acids is 1. The predicted octanol–water partition coefficient (Wildman–Crippen LogP) is 2.36. The summed E-state index contributed by atoms with van der Waals surface area (Å²) in [5.41, 5.74) is 1.01. The van der Waals surface area contributed by atoms with Gasteiger partial charge in [-0.25, -0.2) is 9.18 Å². The molecule has 6 heteroatoms. The van der Waals surface area contributed by atoms with Gasteiger partial charge in [-0.05, 0) is 37.6 Å². The van der Waals surface area contributed by atoms with E-state index in [0.29, 0.717) is 11.1 Å². The highest BCUT2D eigenvalue weighted by Crippen LogP contribution is 2.20. The van der Waals surface area contributed by atoms with Gasteiger partial charge in [-0.1, -0.05) is 0 Å². The molecule has 94 valence electrons. The molecule has 1 aromatic carbocycles. The number of ether oxygens (including phenoxy) is 1. The molecule has 0 N–H and O–H groups in total. The third kappa shape index (κ3) is 2.37. The van der Waals surface area contributed by atoms with Crippen molar-refractivity contribution in [3.8, 4) is 11.5 Å². The molecule has 1 aromatic heterocycles. The van der Waals surface area contributed by atoms with Crippen LogP contribution in [0.1, 0.15) is 23.2 Å². The second kappa shape index (κ2) is 4.95. The lowest BCUT2D eigenvalue weighted by atomic mass is 10.1. The molecule has 0 aliphatic heterocycles. The van der Waals surface area contributed by atoms with Crippen LogP contribution in [0.15, 0.2) is 22.6 Å². The zero-order valence-corrected chi connectivity index (χ0v) is 9.94. The molecule has 0 aliphatic carbocycles. The summed E-state index contributed by atoms with van der Waals surface area (Å²) >= 11 is 0. The molecule has 0 bridgehead atoms. The first-order chi connectivity index (χ1) is 8.61. The Labute approximate surface area is 103 Å². The first-order valence-electron chi connectivity index (χ1n) is 5.39. The maximum Gasteiger partial charge on any atom is 0.396 e. The second-order valence-corrected chi connectivity index (χ2v) is 3.60. The van der Waals surface area contributed by atoms with E-state index in [0.717, 1.165) is 0 Å². The number of esters is 1. The van der Waals surface area contributed by atoms with E-state index in [-0.39, 0.29) is 24.2 Å². The Morgan fingerprint density at radius 1 is 1.44 bits per heavy atom. The molecule has 5 nitrogen and oxygen atoms in total. The summed E-state index contributed by atoms with van der Waals surface area (Å²) in [4.78, 5) is 11.3. The third-order valence-electron chi connectivity index (χ3n) is 2.28. The standard InChI is InChI=1S/C12H11FN2O3/c1-3-17-12(16)11-15-14-10(18-11)8-4-5-9(13)7(2)6-8/h4-6H,3H2,1-2H3. The van der Waals surface area contributed by atoms with Crippen molar-refractivity contribution >= 4 is 5.97 Å². The van der Waals surface area contributed by atoms with Gasteiger partial charge < -0.3 is 9.15 Å². The highest BCUT2D eigenvalue weighted by atomic mass is 19.1. The smallest absolute Gasteiger partial charge is 0.396 e. The number of benzene rings is 1. The van der Waals surface area contributed by atoms with Gasteiger partial charge in [0.2, 0.25) is 5.89 Å². The molecule has 0 atom stereocenters. The molecule has 0 saturated carbocycles. The van der Waals surface area contributed by atoms with Crippen molar-refractivity contribution in [1.29, 1.82) is 0 Å². The molecule has 0 amide bonds. The summed E-state index contributed by atoms with van der Waals surface area (Å²) in [6.07, 6.45) is 0. The molecular weight excluding hydrogens is 239 g/mol. The van der Waals surface area contributed by atoms with Crippen LogP contribution in [-0.2, 0) is 4.74 Å². The average Bonchev–Trinajstić information content (AvgIpc) is 2.82. The predicted molar refractivity (Wildman–Crippen MR) is 60.4 cm³/mol. The molecule has 0 aliphatic rings. The van der Waals surface area contributed by atoms with Crippen LogP contribution in [0.25, 0.3) is 11.5 Å². The molecule has 1 heterocycles. The topological polar surface area (TPSA) is 65.2 Å². The number of hydrogen-bond donors (Lipinski definition) is 0. The van der Waals surface area contributed by atoms with Crippen molar-refractivity contribution in [2.45, 2.75) is 13.8 Å². The van der Waals surface area contributed by atoms with E-state index in [1.54, 1.807) is 19.9 Å². The second-order valence-electron chi connectivity index (χ2n) is 3.60. The molecule has 2 rings (SSSR count). The Bertz CT molecular complexity index is 580. The van der Waals surface area contributed by atoms with E-state index in [9.17, 15) is 9.18 Å². The number of rotatable bonds is 3. The summed E-state index contributed by atoms with van der Waals surface area (Å²) in [5, 5.41) is 7.30. The van der Waals surface area contributed by atoms with Crippen LogP contribution in [0.5, 0.6) is 0 Å². The van der Waals surface area contributed by atoms with E-state index in [1.807, 2.05) is 0 Å². The van der Waals surface area contributed by atoms with Gasteiger partial charge in [-0.15, -0.1) is 10.2 Å². The van der Waals surface area contributed by atoms with Gasteiger partial charge in [0.25, 0.3) is 0 Å². The highest BCUT2D eigenvalue weighted by Gasteiger charge is 2.17. The Balaban J connectivity index is 2.29. The van der Waals surface area contributed by atoms with Crippen LogP contribution in [0.4, 0.5) is 4.39 Å². The van der Waals surface area contributed by atoms with E-state index in [1.165, 1.54) is 12.1 Å². The van der Waals surface area contributed by atoms with Crippen LogP contribution in [0.3, 0.4) is 0 Å². The van der Waals surface area contributed by atoms with Gasteiger partial charge in [0, 0.05) is 5.56 Å². The number of aryl methyl sites for hydroxylation is 1. The lowest BCUT2D eigenvalue weighted by Crippen LogP contribution is -2.04. The Kier molecular flexibility index (Phi) is 3.36. The maximum absolute atomic E-state index is 13.1. The summed E-state index contributed by atoms with van der Waals surface area (Å²) in [6, 6.07) is 4.38. The summed E-state index contributed by atoms with van der Waals surface area (Å²) < 4.78 is 23.0. The maximum atomic E-state index is 13.1. The lowest BCUT2D eigenvalue weighted by molar-refractivity contribution is 0.0481. The van der Waals surface area contributed by atoms with E-state index < -0.39 is 5.97 Å². The van der Waals surface area contributed by atoms with Crippen molar-refractivity contribution in [3.05, 3.63) is 35.5 Å². The minimum absolute atomic E-state index is 0.154. The molecule has 2 aromatic rings. The molecule has 0 spiro atoms. The first kappa shape index (κ1) is 12.2. The quantitative estimate of drug-likeness (QED) is 0.782. The van der Waals surface area contributed by atoms with Crippen molar-refractivity contribution in [1.82, 2.24) is 10.2 Å². The minimum atomic E-state index is -0.671. The molecule has 0 fully saturated rings. The minimum Gasteiger partial charge on any atom is -0.459 e. The van der Waals surface area contributed by atoms with E-state index in [4.69, 9.17) is 9.15 Å². The van der Waals surface area contributed by atoms with Crippen LogP contribution in [-0.4, -0.2) is 22.8 Å². The van der Waals surface area contributed by atoms with Crippen LogP contribution in [0.2, 0.25) is 0 Å². The van der Waals surface area contributed by atoms with Crippen molar-refractivity contribution in [2.24, 2.45) is 0 Å². The van der Waals surface area contributed by atoms with Crippen molar-refractivity contribution < 1.29 is 18.3 Å². The van der Waals surface area contributed by atoms with Gasteiger partial charge in [0.1, 0.15) is 5.82 Å². The number of hydrogen-bond acceptors (Lipinski definition) is 5. The molecule has 0 saturated heterocycles. The molecule has 0 radical (unpaired) electrons. The lowest BCUT2D eigenvalue weighted by Gasteiger charge is -1.98. The van der Waals surface area contributed by atoms with Crippen LogP contribution >= 0.6 is 0 Å². The Morgan fingerprint density at radius 3 is 2.89 bits per heavy atom. The molecule has 0 unspecified atom stereocenters. The largest absolute Gasteiger partial charge is 0.459 e. The fourth-order valence-corrected chi connectivity index (χ4v) is 1.39. The monoisotopic (exact) mass is 250 g/mol. The Morgan fingerprint density at radius 2 is 2.22 bits per heavy atom. The first-order valence-corrected chi connectivity index (χ1v) is 5.39. The zero-order valence-electron chi connectivity index (χ0n) is 9.94. The highest BCUT2D eigenvalue weighted by molar-refractivity contribution is 5.84. The summed E-state index contributed by atoms with van der Waals surface area (Å²) in [5.74, 6) is -1.05. The third-order valence-corrected chi connectivity index (χ3v) is 2.28. The van der Waals surface area contributed by atoms with Gasteiger partial charge in [0.15, 0.2) is 0 Å². The normalized spacial score (nSPS) is 10.4. The number of halogens is 1. The fraction of sp³-hybridized carbons (Fsp3) is 0.250. The van der Waals surface area contributed by atoms with Crippen LogP contribution in [0, 0.1) is 12.7 Å². The SMILES string of the molecule is CCOC(=O)c1nnc(-c2ccc(F)c(C)c2)o1. The molecule has 18 heavy (non-hydrogen) atoms. The summed E-state index contributed by atoms with van der Waals surface area (Å²) in [7, 11) is 0. The van der Waals surface area contributed by atoms with Gasteiger partial charge in [-0.2, -0.15) is 0 Å². The van der Waals surface area contributed by atoms with Gasteiger partial charge >= 0.3 is 11.9 Å². The van der Waals surface area contributed by atoms with E-state index in [2.05, 4.69) is 10.2 Å². The Hall–Kier alpha value is -2.24. The number of aromatic nitrogens is 2. The average molecular weight is 250 g/mol. The zero-order chi connectivity index (χ0) is 13.1. The number of carbonyl (C=O) groups is 1. The van der Waals surface area contributed by atoms with Crippen molar-refractivity contribution in [3.63, 3.8) is 0 Å². The number of nitrogens with zero attached hydrogens (tertiary/aromatic N) is 2. The summed E-state index contributed by atoms with van der Waals surface area (Å²) in [6.45, 7) is 3.53. The van der Waals surface area contributed by atoms with Gasteiger partial charge in [-0.3, -0.25) is 0 Å². The van der Waals surface area contributed by atoms with Crippen molar-refractivity contribution in [2.75, 3.05) is 6.61 Å². The molecular formula is C12H11FN2O3. The fourth-order valence-electron chi connectivity index (χ4n) is 1.39. The van der Waals surface area contributed by atoms with Crippen LogP contribution < -0.4 is 0 Å². The van der Waals surface area contributed by atoms with E-state index >= 15 is 0 Å².